The van der Waals surface area contributed by atoms with Crippen molar-refractivity contribution in [3.8, 4) is 0 Å². The van der Waals surface area contributed by atoms with Gasteiger partial charge in [-0.15, -0.1) is 0 Å². The van der Waals surface area contributed by atoms with Crippen LogP contribution >= 0.6 is 0 Å². The number of hydrogen-bond donors (Lipinski definition) is 1. The van der Waals surface area contributed by atoms with Crippen LogP contribution in [0.2, 0.25) is 0 Å². The van der Waals surface area contributed by atoms with Gasteiger partial charge in [-0.3, -0.25) is 4.68 Å². The second-order valence-corrected chi connectivity index (χ2v) is 4.90. The first-order valence-corrected chi connectivity index (χ1v) is 6.25. The van der Waals surface area contributed by atoms with Crippen molar-refractivity contribution in [1.82, 2.24) is 9.78 Å². The van der Waals surface area contributed by atoms with Gasteiger partial charge in [0.1, 0.15) is 0 Å². The van der Waals surface area contributed by atoms with E-state index in [9.17, 15) is 5.11 Å². The molecule has 0 aliphatic heterocycles. The lowest BCUT2D eigenvalue weighted by Gasteiger charge is -2.11. The normalized spacial score (nSPS) is 13.4. The number of nitrogens with zero attached hydrogens (tertiary/aromatic N) is 2. The van der Waals surface area contributed by atoms with Gasteiger partial charge in [0.2, 0.25) is 0 Å². The standard InChI is InChI=1S/C13H24N2O/c1-5-12-11(9-15(4)14-12)13(16)8-6-7-10(2)3/h9-10,13,16H,5-8H2,1-4H3. The molecule has 0 aliphatic rings. The minimum absolute atomic E-state index is 0.345. The monoisotopic (exact) mass is 224 g/mol. The molecule has 0 fully saturated rings. The van der Waals surface area contributed by atoms with Gasteiger partial charge in [0.05, 0.1) is 11.8 Å². The third-order valence-corrected chi connectivity index (χ3v) is 2.89. The molecule has 1 unspecified atom stereocenters. The van der Waals surface area contributed by atoms with Crippen LogP contribution in [0.5, 0.6) is 0 Å². The Kier molecular flexibility index (Phi) is 5.00. The Morgan fingerprint density at radius 3 is 2.62 bits per heavy atom. The van der Waals surface area contributed by atoms with Crippen LogP contribution in [0.25, 0.3) is 0 Å². The molecule has 1 heterocycles. The zero-order valence-corrected chi connectivity index (χ0v) is 10.9. The highest BCUT2D eigenvalue weighted by Gasteiger charge is 2.14. The minimum atomic E-state index is -0.345. The topological polar surface area (TPSA) is 38.0 Å². The summed E-state index contributed by atoms with van der Waals surface area (Å²) < 4.78 is 1.79. The van der Waals surface area contributed by atoms with E-state index in [4.69, 9.17) is 0 Å². The second kappa shape index (κ2) is 6.04. The fourth-order valence-corrected chi connectivity index (χ4v) is 1.98. The number of aromatic nitrogens is 2. The molecule has 0 aromatic carbocycles. The number of aliphatic hydroxyl groups is 1. The molecule has 0 saturated carbocycles. The van der Waals surface area contributed by atoms with Crippen molar-refractivity contribution in [2.24, 2.45) is 13.0 Å². The summed E-state index contributed by atoms with van der Waals surface area (Å²) in [6.07, 6.45) is 5.59. The lowest BCUT2D eigenvalue weighted by Crippen LogP contribution is -2.00. The highest BCUT2D eigenvalue weighted by atomic mass is 16.3. The van der Waals surface area contributed by atoms with Gasteiger partial charge in [-0.1, -0.05) is 33.6 Å². The molecule has 0 amide bonds. The predicted octanol–water partition coefficient (Wildman–Crippen LogP) is 2.84. The molecule has 1 aromatic heterocycles. The number of hydrogen-bond acceptors (Lipinski definition) is 2. The molecular formula is C13H24N2O. The van der Waals surface area contributed by atoms with Crippen molar-refractivity contribution in [3.63, 3.8) is 0 Å². The Morgan fingerprint density at radius 2 is 2.06 bits per heavy atom. The van der Waals surface area contributed by atoms with E-state index in [1.165, 1.54) is 6.42 Å². The average Bonchev–Trinajstić information content (AvgIpc) is 2.59. The number of aryl methyl sites for hydroxylation is 2. The molecule has 3 heteroatoms. The zero-order valence-electron chi connectivity index (χ0n) is 10.9. The van der Waals surface area contributed by atoms with E-state index in [0.29, 0.717) is 5.92 Å². The van der Waals surface area contributed by atoms with Gasteiger partial charge < -0.3 is 5.11 Å². The van der Waals surface area contributed by atoms with Crippen LogP contribution in [0.3, 0.4) is 0 Å². The highest BCUT2D eigenvalue weighted by Crippen LogP contribution is 2.23. The Labute approximate surface area is 98.5 Å². The quantitative estimate of drug-likeness (QED) is 0.807. The predicted molar refractivity (Wildman–Crippen MR) is 66.2 cm³/mol. The van der Waals surface area contributed by atoms with Gasteiger partial charge in [0, 0.05) is 18.8 Å². The summed E-state index contributed by atoms with van der Waals surface area (Å²) in [4.78, 5) is 0. The first-order valence-electron chi connectivity index (χ1n) is 6.25. The summed E-state index contributed by atoms with van der Waals surface area (Å²) in [5, 5.41) is 14.5. The van der Waals surface area contributed by atoms with Gasteiger partial charge in [0.25, 0.3) is 0 Å². The second-order valence-electron chi connectivity index (χ2n) is 4.90. The van der Waals surface area contributed by atoms with Crippen molar-refractivity contribution in [3.05, 3.63) is 17.5 Å². The molecule has 1 atom stereocenters. The Balaban J connectivity index is 2.54. The Hall–Kier alpha value is -0.830. The van der Waals surface area contributed by atoms with Crippen molar-refractivity contribution in [2.75, 3.05) is 0 Å². The van der Waals surface area contributed by atoms with Gasteiger partial charge >= 0.3 is 0 Å². The van der Waals surface area contributed by atoms with Crippen molar-refractivity contribution in [1.29, 1.82) is 0 Å². The molecule has 0 aliphatic carbocycles. The Morgan fingerprint density at radius 1 is 1.38 bits per heavy atom. The third kappa shape index (κ3) is 3.63. The summed E-state index contributed by atoms with van der Waals surface area (Å²) in [5.41, 5.74) is 2.04. The molecule has 0 bridgehead atoms. The summed E-state index contributed by atoms with van der Waals surface area (Å²) in [6.45, 7) is 6.51. The molecule has 0 radical (unpaired) electrons. The van der Waals surface area contributed by atoms with Crippen LogP contribution in [0.4, 0.5) is 0 Å². The Bertz CT molecular complexity index is 318. The number of rotatable bonds is 6. The van der Waals surface area contributed by atoms with Crippen molar-refractivity contribution >= 4 is 0 Å². The molecule has 1 aromatic rings. The van der Waals surface area contributed by atoms with Crippen molar-refractivity contribution < 1.29 is 5.11 Å². The lowest BCUT2D eigenvalue weighted by molar-refractivity contribution is 0.161. The molecular weight excluding hydrogens is 200 g/mol. The summed E-state index contributed by atoms with van der Waals surface area (Å²) >= 11 is 0. The summed E-state index contributed by atoms with van der Waals surface area (Å²) in [5.74, 6) is 0.715. The lowest BCUT2D eigenvalue weighted by atomic mass is 10.00. The van der Waals surface area contributed by atoms with E-state index in [2.05, 4.69) is 25.9 Å². The van der Waals surface area contributed by atoms with Crippen LogP contribution < -0.4 is 0 Å². The van der Waals surface area contributed by atoms with E-state index in [-0.39, 0.29) is 6.10 Å². The molecule has 92 valence electrons. The third-order valence-electron chi connectivity index (χ3n) is 2.89. The molecule has 3 nitrogen and oxygen atoms in total. The largest absolute Gasteiger partial charge is 0.388 e. The maximum absolute atomic E-state index is 10.1. The fourth-order valence-electron chi connectivity index (χ4n) is 1.98. The number of aliphatic hydroxyl groups excluding tert-OH is 1. The van der Waals surface area contributed by atoms with Gasteiger partial charge in [-0.05, 0) is 18.8 Å². The maximum atomic E-state index is 10.1. The van der Waals surface area contributed by atoms with E-state index in [1.807, 2.05) is 13.2 Å². The van der Waals surface area contributed by atoms with Crippen LogP contribution in [-0.4, -0.2) is 14.9 Å². The maximum Gasteiger partial charge on any atom is 0.0823 e. The molecule has 0 saturated heterocycles. The zero-order chi connectivity index (χ0) is 12.1. The van der Waals surface area contributed by atoms with Crippen LogP contribution in [0.15, 0.2) is 6.20 Å². The van der Waals surface area contributed by atoms with Crippen LogP contribution in [0, 0.1) is 5.92 Å². The van der Waals surface area contributed by atoms with Crippen LogP contribution in [0.1, 0.15) is 57.4 Å². The molecule has 0 spiro atoms. The smallest absolute Gasteiger partial charge is 0.0823 e. The van der Waals surface area contributed by atoms with Gasteiger partial charge in [0.15, 0.2) is 0 Å². The molecule has 1 N–H and O–H groups in total. The molecule has 1 rings (SSSR count). The van der Waals surface area contributed by atoms with E-state index < -0.39 is 0 Å². The fraction of sp³-hybridized carbons (Fsp3) is 0.769. The van der Waals surface area contributed by atoms with E-state index >= 15 is 0 Å². The van der Waals surface area contributed by atoms with Gasteiger partial charge in [-0.25, -0.2) is 0 Å². The minimum Gasteiger partial charge on any atom is -0.388 e. The SMILES string of the molecule is CCc1nn(C)cc1C(O)CCCC(C)C. The first kappa shape index (κ1) is 13.2. The first-order chi connectivity index (χ1) is 7.54. The summed E-state index contributed by atoms with van der Waals surface area (Å²) in [6, 6.07) is 0. The average molecular weight is 224 g/mol. The highest BCUT2D eigenvalue weighted by molar-refractivity contribution is 5.19. The van der Waals surface area contributed by atoms with E-state index in [0.717, 1.165) is 30.5 Å². The van der Waals surface area contributed by atoms with Gasteiger partial charge in [-0.2, -0.15) is 5.10 Å². The van der Waals surface area contributed by atoms with E-state index in [1.54, 1.807) is 4.68 Å². The summed E-state index contributed by atoms with van der Waals surface area (Å²) in [7, 11) is 1.91. The van der Waals surface area contributed by atoms with Crippen LogP contribution in [-0.2, 0) is 13.5 Å². The molecule has 16 heavy (non-hydrogen) atoms. The van der Waals surface area contributed by atoms with Crippen molar-refractivity contribution in [2.45, 2.75) is 52.6 Å².